The van der Waals surface area contributed by atoms with E-state index in [0.717, 1.165) is 0 Å². The highest BCUT2D eigenvalue weighted by Gasteiger charge is 2.49. The molecule has 2 rings (SSSR count). The van der Waals surface area contributed by atoms with E-state index in [4.69, 9.17) is 5.26 Å². The molecule has 1 N–H and O–H groups in total. The van der Waals surface area contributed by atoms with Gasteiger partial charge in [0, 0.05) is 12.4 Å². The standard InChI is InChI=1S/C11H12N4O/c1-8-5-11(6-8,7-12)9(16)15-10-13-3-2-4-14-10/h2-4,8H,5-6H2,1H3,(H,13,14,15,16). The highest BCUT2D eigenvalue weighted by molar-refractivity contribution is 5.96. The molecular formula is C11H12N4O. The van der Waals surface area contributed by atoms with Crippen molar-refractivity contribution in [2.24, 2.45) is 11.3 Å². The Hall–Kier alpha value is -1.96. The van der Waals surface area contributed by atoms with Gasteiger partial charge in [0.2, 0.25) is 11.9 Å². The fourth-order valence-corrected chi connectivity index (χ4v) is 2.04. The monoisotopic (exact) mass is 216 g/mol. The minimum absolute atomic E-state index is 0.252. The van der Waals surface area contributed by atoms with Crippen LogP contribution in [0.2, 0.25) is 0 Å². The first-order valence-electron chi connectivity index (χ1n) is 5.16. The number of anilines is 1. The lowest BCUT2D eigenvalue weighted by molar-refractivity contribution is -0.128. The van der Waals surface area contributed by atoms with Crippen LogP contribution in [0.15, 0.2) is 18.5 Å². The van der Waals surface area contributed by atoms with Crippen molar-refractivity contribution in [3.8, 4) is 6.07 Å². The van der Waals surface area contributed by atoms with Crippen LogP contribution in [-0.2, 0) is 4.79 Å². The van der Waals surface area contributed by atoms with Crippen molar-refractivity contribution in [2.45, 2.75) is 19.8 Å². The van der Waals surface area contributed by atoms with E-state index >= 15 is 0 Å². The second kappa shape index (κ2) is 3.89. The maximum Gasteiger partial charge on any atom is 0.247 e. The highest BCUT2D eigenvalue weighted by atomic mass is 16.2. The largest absolute Gasteiger partial charge is 0.293 e. The Labute approximate surface area is 93.5 Å². The van der Waals surface area contributed by atoms with Gasteiger partial charge in [0.05, 0.1) is 6.07 Å². The van der Waals surface area contributed by atoms with Crippen molar-refractivity contribution in [1.29, 1.82) is 5.26 Å². The predicted octanol–water partition coefficient (Wildman–Crippen LogP) is 1.35. The van der Waals surface area contributed by atoms with Crippen LogP contribution in [0.5, 0.6) is 0 Å². The van der Waals surface area contributed by atoms with Crippen LogP contribution < -0.4 is 5.32 Å². The number of hydrogen-bond acceptors (Lipinski definition) is 4. The Balaban J connectivity index is 2.07. The summed E-state index contributed by atoms with van der Waals surface area (Å²) < 4.78 is 0. The average molecular weight is 216 g/mol. The van der Waals surface area contributed by atoms with Gasteiger partial charge in [-0.05, 0) is 24.8 Å². The third-order valence-electron chi connectivity index (χ3n) is 2.83. The van der Waals surface area contributed by atoms with Crippen molar-refractivity contribution >= 4 is 11.9 Å². The molecule has 82 valence electrons. The topological polar surface area (TPSA) is 78.7 Å². The summed E-state index contributed by atoms with van der Waals surface area (Å²) in [5, 5.41) is 11.6. The van der Waals surface area contributed by atoms with Gasteiger partial charge in [-0.3, -0.25) is 10.1 Å². The first-order chi connectivity index (χ1) is 7.66. The summed E-state index contributed by atoms with van der Waals surface area (Å²) in [6, 6.07) is 3.77. The molecule has 0 spiro atoms. The first kappa shape index (κ1) is 10.6. The van der Waals surface area contributed by atoms with Gasteiger partial charge in [0.25, 0.3) is 0 Å². The number of carbonyl (C=O) groups excluding carboxylic acids is 1. The Bertz CT molecular complexity index is 431. The van der Waals surface area contributed by atoms with Gasteiger partial charge in [0.15, 0.2) is 0 Å². The lowest BCUT2D eigenvalue weighted by Crippen LogP contribution is -2.45. The maximum absolute atomic E-state index is 11.9. The summed E-state index contributed by atoms with van der Waals surface area (Å²) in [6.45, 7) is 2.03. The molecule has 1 saturated carbocycles. The SMILES string of the molecule is CC1CC(C#N)(C(=O)Nc2ncccn2)C1. The van der Waals surface area contributed by atoms with E-state index in [0.29, 0.717) is 18.8 Å². The zero-order valence-electron chi connectivity index (χ0n) is 8.97. The van der Waals surface area contributed by atoms with E-state index in [1.54, 1.807) is 18.5 Å². The molecule has 0 atom stereocenters. The molecule has 0 bridgehead atoms. The van der Waals surface area contributed by atoms with Crippen molar-refractivity contribution < 1.29 is 4.79 Å². The number of hydrogen-bond donors (Lipinski definition) is 1. The Morgan fingerprint density at radius 2 is 2.19 bits per heavy atom. The normalized spacial score (nSPS) is 27.6. The van der Waals surface area contributed by atoms with Gasteiger partial charge in [-0.2, -0.15) is 5.26 Å². The van der Waals surface area contributed by atoms with Crippen LogP contribution in [0.3, 0.4) is 0 Å². The number of carbonyl (C=O) groups is 1. The third-order valence-corrected chi connectivity index (χ3v) is 2.83. The second-order valence-corrected chi connectivity index (χ2v) is 4.23. The zero-order chi connectivity index (χ0) is 11.6. The van der Waals surface area contributed by atoms with Gasteiger partial charge in [-0.15, -0.1) is 0 Å². The molecule has 0 saturated heterocycles. The van der Waals surface area contributed by atoms with Crippen molar-refractivity contribution in [1.82, 2.24) is 9.97 Å². The van der Waals surface area contributed by atoms with Gasteiger partial charge in [0.1, 0.15) is 5.41 Å². The first-order valence-corrected chi connectivity index (χ1v) is 5.16. The molecule has 16 heavy (non-hydrogen) atoms. The minimum Gasteiger partial charge on any atom is -0.293 e. The molecule has 5 nitrogen and oxygen atoms in total. The summed E-state index contributed by atoms with van der Waals surface area (Å²) in [5.41, 5.74) is -0.876. The fraction of sp³-hybridized carbons (Fsp3) is 0.455. The van der Waals surface area contributed by atoms with E-state index in [1.807, 2.05) is 6.92 Å². The fourth-order valence-electron chi connectivity index (χ4n) is 2.04. The van der Waals surface area contributed by atoms with Gasteiger partial charge >= 0.3 is 0 Å². The Morgan fingerprint density at radius 3 is 2.69 bits per heavy atom. The summed E-state index contributed by atoms with van der Waals surface area (Å²) in [6.07, 6.45) is 4.32. The number of aromatic nitrogens is 2. The van der Waals surface area contributed by atoms with Crippen LogP contribution in [0.1, 0.15) is 19.8 Å². The lowest BCUT2D eigenvalue weighted by Gasteiger charge is -2.38. The van der Waals surface area contributed by atoms with E-state index in [-0.39, 0.29) is 11.9 Å². The third kappa shape index (κ3) is 1.74. The van der Waals surface area contributed by atoms with Crippen LogP contribution in [0, 0.1) is 22.7 Å². The second-order valence-electron chi connectivity index (χ2n) is 4.23. The molecule has 1 aromatic rings. The number of nitrogens with one attached hydrogen (secondary N) is 1. The molecule has 1 amide bonds. The van der Waals surface area contributed by atoms with E-state index in [9.17, 15) is 4.79 Å². The molecule has 0 radical (unpaired) electrons. The van der Waals surface area contributed by atoms with Crippen LogP contribution in [0.25, 0.3) is 0 Å². The quantitative estimate of drug-likeness (QED) is 0.809. The van der Waals surface area contributed by atoms with E-state index in [1.165, 1.54) is 0 Å². The van der Waals surface area contributed by atoms with Crippen LogP contribution in [-0.4, -0.2) is 15.9 Å². The average Bonchev–Trinajstić information content (AvgIpc) is 2.25. The van der Waals surface area contributed by atoms with Crippen molar-refractivity contribution in [2.75, 3.05) is 5.32 Å². The predicted molar refractivity (Wildman–Crippen MR) is 57.1 cm³/mol. The van der Waals surface area contributed by atoms with E-state index < -0.39 is 5.41 Å². The number of amides is 1. The molecule has 1 aromatic heterocycles. The zero-order valence-corrected chi connectivity index (χ0v) is 8.97. The summed E-state index contributed by atoms with van der Waals surface area (Å²) in [4.78, 5) is 19.7. The molecule has 0 aromatic carbocycles. The minimum atomic E-state index is -0.876. The number of nitrogens with zero attached hydrogens (tertiary/aromatic N) is 3. The number of nitriles is 1. The molecule has 1 heterocycles. The number of rotatable bonds is 2. The van der Waals surface area contributed by atoms with Crippen LogP contribution in [0.4, 0.5) is 5.95 Å². The highest BCUT2D eigenvalue weighted by Crippen LogP contribution is 2.45. The van der Waals surface area contributed by atoms with Gasteiger partial charge < -0.3 is 0 Å². The molecule has 1 aliphatic carbocycles. The lowest BCUT2D eigenvalue weighted by atomic mass is 9.63. The molecule has 1 aliphatic rings. The molecule has 0 aliphatic heterocycles. The Morgan fingerprint density at radius 1 is 1.56 bits per heavy atom. The molecule has 0 unspecified atom stereocenters. The molecular weight excluding hydrogens is 204 g/mol. The van der Waals surface area contributed by atoms with Crippen LogP contribution >= 0.6 is 0 Å². The summed E-state index contributed by atoms with van der Waals surface area (Å²) in [5.74, 6) is 0.392. The van der Waals surface area contributed by atoms with Gasteiger partial charge in [-0.25, -0.2) is 9.97 Å². The smallest absolute Gasteiger partial charge is 0.247 e. The molecule has 5 heteroatoms. The molecule has 1 fully saturated rings. The van der Waals surface area contributed by atoms with Crippen molar-refractivity contribution in [3.05, 3.63) is 18.5 Å². The summed E-state index contributed by atoms with van der Waals surface area (Å²) >= 11 is 0. The summed E-state index contributed by atoms with van der Waals surface area (Å²) in [7, 11) is 0. The Kier molecular flexibility index (Phi) is 2.57. The maximum atomic E-state index is 11.9. The van der Waals surface area contributed by atoms with Crippen molar-refractivity contribution in [3.63, 3.8) is 0 Å². The van der Waals surface area contributed by atoms with E-state index in [2.05, 4.69) is 21.4 Å². The van der Waals surface area contributed by atoms with Gasteiger partial charge in [-0.1, -0.05) is 6.92 Å².